The summed E-state index contributed by atoms with van der Waals surface area (Å²) in [5.41, 5.74) is -0.638. The first kappa shape index (κ1) is 14.1. The van der Waals surface area contributed by atoms with E-state index >= 15 is 0 Å². The molecule has 18 heavy (non-hydrogen) atoms. The Labute approximate surface area is 104 Å². The lowest BCUT2D eigenvalue weighted by molar-refractivity contribution is -0.139. The van der Waals surface area contributed by atoms with Crippen molar-refractivity contribution in [2.45, 2.75) is 26.7 Å². The molecule has 0 aliphatic heterocycles. The van der Waals surface area contributed by atoms with Gasteiger partial charge in [-0.05, 0) is 11.5 Å². The van der Waals surface area contributed by atoms with Gasteiger partial charge in [-0.2, -0.15) is 0 Å². The molecule has 0 saturated carbocycles. The Morgan fingerprint density at radius 1 is 1.44 bits per heavy atom. The number of carbonyl (C=O) groups excluding carboxylic acids is 1. The number of rotatable bonds is 5. The molecular formula is C12H15FN2O3. The molecule has 1 amide bonds. The molecule has 2 N–H and O–H groups in total. The van der Waals surface area contributed by atoms with Gasteiger partial charge in [0.1, 0.15) is 0 Å². The van der Waals surface area contributed by atoms with E-state index in [9.17, 15) is 14.0 Å². The van der Waals surface area contributed by atoms with Gasteiger partial charge in [0.2, 0.25) is 5.91 Å². The van der Waals surface area contributed by atoms with Crippen molar-refractivity contribution >= 4 is 17.6 Å². The van der Waals surface area contributed by atoms with Gasteiger partial charge in [-0.15, -0.1) is 0 Å². The van der Waals surface area contributed by atoms with Gasteiger partial charge in [-0.3, -0.25) is 14.6 Å². The zero-order valence-electron chi connectivity index (χ0n) is 10.2. The van der Waals surface area contributed by atoms with E-state index in [-0.39, 0.29) is 18.5 Å². The topological polar surface area (TPSA) is 79.3 Å². The summed E-state index contributed by atoms with van der Waals surface area (Å²) in [5, 5.41) is 11.1. The van der Waals surface area contributed by atoms with Gasteiger partial charge < -0.3 is 10.4 Å². The summed E-state index contributed by atoms with van der Waals surface area (Å²) < 4.78 is 13.2. The number of carboxylic acid groups (broad SMARTS) is 1. The molecule has 1 aromatic heterocycles. The van der Waals surface area contributed by atoms with E-state index in [0.29, 0.717) is 0 Å². The van der Waals surface area contributed by atoms with E-state index in [1.807, 2.05) is 0 Å². The molecule has 0 bridgehead atoms. The van der Waals surface area contributed by atoms with Crippen LogP contribution in [-0.2, 0) is 9.59 Å². The highest BCUT2D eigenvalue weighted by Crippen LogP contribution is 2.25. The Bertz CT molecular complexity index is 460. The summed E-state index contributed by atoms with van der Waals surface area (Å²) in [4.78, 5) is 25.8. The van der Waals surface area contributed by atoms with Crippen molar-refractivity contribution in [2.24, 2.45) is 5.41 Å². The number of anilines is 1. The van der Waals surface area contributed by atoms with E-state index in [0.717, 1.165) is 6.20 Å². The molecule has 0 aliphatic rings. The summed E-state index contributed by atoms with van der Waals surface area (Å²) in [7, 11) is 0. The minimum Gasteiger partial charge on any atom is -0.481 e. The van der Waals surface area contributed by atoms with Gasteiger partial charge >= 0.3 is 5.97 Å². The predicted octanol–water partition coefficient (Wildman–Crippen LogP) is 2.05. The van der Waals surface area contributed by atoms with Crippen molar-refractivity contribution in [2.75, 3.05) is 5.32 Å². The molecule has 0 aliphatic carbocycles. The summed E-state index contributed by atoms with van der Waals surface area (Å²) in [6.07, 6.45) is 2.24. The second-order valence-electron chi connectivity index (χ2n) is 4.82. The number of carbonyl (C=O) groups is 2. The Morgan fingerprint density at radius 3 is 2.67 bits per heavy atom. The maximum absolute atomic E-state index is 13.2. The predicted molar refractivity (Wildman–Crippen MR) is 63.5 cm³/mol. The summed E-state index contributed by atoms with van der Waals surface area (Å²) in [6.45, 7) is 3.34. The van der Waals surface area contributed by atoms with Crippen LogP contribution in [0.25, 0.3) is 0 Å². The lowest BCUT2D eigenvalue weighted by Crippen LogP contribution is -2.25. The number of pyridine rings is 1. The van der Waals surface area contributed by atoms with Crippen LogP contribution in [0.15, 0.2) is 18.5 Å². The maximum atomic E-state index is 13.2. The highest BCUT2D eigenvalue weighted by Gasteiger charge is 2.25. The molecule has 0 spiro atoms. The van der Waals surface area contributed by atoms with Crippen LogP contribution in [0.1, 0.15) is 26.7 Å². The molecule has 0 unspecified atom stereocenters. The Balaban J connectivity index is 2.62. The number of nitrogens with zero attached hydrogens (tertiary/aromatic N) is 1. The van der Waals surface area contributed by atoms with Gasteiger partial charge in [0.15, 0.2) is 5.82 Å². The Hall–Kier alpha value is -1.98. The smallest absolute Gasteiger partial charge is 0.303 e. The molecule has 1 aromatic rings. The number of carboxylic acids is 1. The average Bonchev–Trinajstić information content (AvgIpc) is 2.18. The minimum absolute atomic E-state index is 0.00105. The van der Waals surface area contributed by atoms with Gasteiger partial charge in [0.25, 0.3) is 0 Å². The van der Waals surface area contributed by atoms with Crippen LogP contribution in [0.2, 0.25) is 0 Å². The number of amides is 1. The summed E-state index contributed by atoms with van der Waals surface area (Å²) in [5.74, 6) is -2.02. The second-order valence-corrected chi connectivity index (χ2v) is 4.82. The SMILES string of the molecule is CC(C)(CC(=O)O)CC(=O)Nc1ccncc1F. The third kappa shape index (κ3) is 4.48. The van der Waals surface area contributed by atoms with Crippen LogP contribution in [0.4, 0.5) is 10.1 Å². The standard InChI is InChI=1S/C12H15FN2O3/c1-12(2,6-11(17)18)5-10(16)15-9-3-4-14-7-8(9)13/h3-4,7H,5-6H2,1-2H3,(H,17,18)(H,14,15,16). The van der Waals surface area contributed by atoms with Crippen molar-refractivity contribution in [3.05, 3.63) is 24.3 Å². The highest BCUT2D eigenvalue weighted by atomic mass is 19.1. The molecule has 5 nitrogen and oxygen atoms in total. The monoisotopic (exact) mass is 254 g/mol. The largest absolute Gasteiger partial charge is 0.481 e. The third-order valence-electron chi connectivity index (χ3n) is 2.32. The average molecular weight is 254 g/mol. The molecule has 98 valence electrons. The first-order chi connectivity index (χ1) is 8.30. The van der Waals surface area contributed by atoms with Gasteiger partial charge in [-0.1, -0.05) is 13.8 Å². The maximum Gasteiger partial charge on any atom is 0.303 e. The molecule has 1 rings (SSSR count). The quantitative estimate of drug-likeness (QED) is 0.842. The lowest BCUT2D eigenvalue weighted by Gasteiger charge is -2.21. The number of hydrogen-bond donors (Lipinski definition) is 2. The number of aliphatic carboxylic acids is 1. The zero-order valence-corrected chi connectivity index (χ0v) is 10.2. The van der Waals surface area contributed by atoms with Crippen LogP contribution in [0.3, 0.4) is 0 Å². The van der Waals surface area contributed by atoms with Crippen LogP contribution in [0, 0.1) is 11.2 Å². The van der Waals surface area contributed by atoms with Crippen LogP contribution in [-0.4, -0.2) is 22.0 Å². The van der Waals surface area contributed by atoms with Crippen molar-refractivity contribution in [1.82, 2.24) is 4.98 Å². The molecule has 0 saturated heterocycles. The fourth-order valence-corrected chi connectivity index (χ4v) is 1.58. The molecular weight excluding hydrogens is 239 g/mol. The van der Waals surface area contributed by atoms with Crippen molar-refractivity contribution in [3.8, 4) is 0 Å². The fraction of sp³-hybridized carbons (Fsp3) is 0.417. The van der Waals surface area contributed by atoms with Crippen molar-refractivity contribution in [3.63, 3.8) is 0 Å². The van der Waals surface area contributed by atoms with Crippen LogP contribution in [0.5, 0.6) is 0 Å². The lowest BCUT2D eigenvalue weighted by atomic mass is 9.85. The normalized spacial score (nSPS) is 11.1. The molecule has 6 heteroatoms. The number of halogens is 1. The first-order valence-corrected chi connectivity index (χ1v) is 5.41. The van der Waals surface area contributed by atoms with Gasteiger partial charge in [0.05, 0.1) is 18.3 Å². The number of nitrogens with one attached hydrogen (secondary N) is 1. The summed E-state index contributed by atoms with van der Waals surface area (Å²) in [6, 6.07) is 1.34. The van der Waals surface area contributed by atoms with E-state index in [4.69, 9.17) is 5.11 Å². The minimum atomic E-state index is -0.970. The Morgan fingerprint density at radius 2 is 2.11 bits per heavy atom. The summed E-state index contributed by atoms with van der Waals surface area (Å²) >= 11 is 0. The van der Waals surface area contributed by atoms with Crippen LogP contribution < -0.4 is 5.32 Å². The molecule has 0 radical (unpaired) electrons. The van der Waals surface area contributed by atoms with Crippen molar-refractivity contribution in [1.29, 1.82) is 0 Å². The van der Waals surface area contributed by atoms with E-state index in [2.05, 4.69) is 10.3 Å². The van der Waals surface area contributed by atoms with E-state index in [1.165, 1.54) is 12.3 Å². The molecule has 1 heterocycles. The van der Waals surface area contributed by atoms with E-state index in [1.54, 1.807) is 13.8 Å². The van der Waals surface area contributed by atoms with E-state index < -0.39 is 23.1 Å². The number of hydrogen-bond acceptors (Lipinski definition) is 3. The van der Waals surface area contributed by atoms with Gasteiger partial charge in [0, 0.05) is 12.6 Å². The van der Waals surface area contributed by atoms with Gasteiger partial charge in [-0.25, -0.2) is 4.39 Å². The molecule has 0 fully saturated rings. The number of aromatic nitrogens is 1. The second kappa shape index (κ2) is 5.57. The van der Waals surface area contributed by atoms with Crippen molar-refractivity contribution < 1.29 is 19.1 Å². The Kier molecular flexibility index (Phi) is 4.36. The third-order valence-corrected chi connectivity index (χ3v) is 2.32. The van der Waals surface area contributed by atoms with Crippen LogP contribution >= 0.6 is 0 Å². The molecule has 0 atom stereocenters. The fourth-order valence-electron chi connectivity index (χ4n) is 1.58. The first-order valence-electron chi connectivity index (χ1n) is 5.41. The zero-order chi connectivity index (χ0) is 13.8. The highest BCUT2D eigenvalue weighted by molar-refractivity contribution is 5.91. The molecule has 0 aromatic carbocycles.